The normalized spacial score (nSPS) is 16.2. The lowest BCUT2D eigenvalue weighted by atomic mass is 10.0. The second-order valence-corrected chi connectivity index (χ2v) is 5.81. The molecule has 0 bridgehead atoms. The summed E-state index contributed by atoms with van der Waals surface area (Å²) < 4.78 is 10.6. The molecule has 0 atom stereocenters. The van der Waals surface area contributed by atoms with Crippen molar-refractivity contribution in [1.29, 1.82) is 0 Å². The van der Waals surface area contributed by atoms with Gasteiger partial charge in [-0.15, -0.1) is 0 Å². The molecule has 0 aromatic carbocycles. The van der Waals surface area contributed by atoms with Crippen molar-refractivity contribution in [3.63, 3.8) is 0 Å². The van der Waals surface area contributed by atoms with Crippen LogP contribution in [-0.4, -0.2) is 41.3 Å². The first-order chi connectivity index (χ1) is 9.53. The van der Waals surface area contributed by atoms with Gasteiger partial charge in [0.2, 0.25) is 11.2 Å². The minimum absolute atomic E-state index is 0.00204. The summed E-state index contributed by atoms with van der Waals surface area (Å²) in [6.07, 6.45) is 3.46. The summed E-state index contributed by atoms with van der Waals surface area (Å²) in [5.41, 5.74) is 0.314. The van der Waals surface area contributed by atoms with E-state index >= 15 is 0 Å². The smallest absolute Gasteiger partial charge is 0.322 e. The van der Waals surface area contributed by atoms with Gasteiger partial charge in [-0.25, -0.2) is 0 Å². The van der Waals surface area contributed by atoms with Gasteiger partial charge in [0.1, 0.15) is 0 Å². The molecule has 1 aromatic rings. The largest absolute Gasteiger partial charge is 0.461 e. The molecule has 0 spiro atoms. The zero-order valence-corrected chi connectivity index (χ0v) is 12.9. The number of rotatable bonds is 8. The minimum Gasteiger partial charge on any atom is -0.461 e. The molecule has 20 heavy (non-hydrogen) atoms. The predicted molar refractivity (Wildman–Crippen MR) is 77.3 cm³/mol. The van der Waals surface area contributed by atoms with Crippen LogP contribution >= 0.6 is 11.6 Å². The average Bonchev–Trinajstić information content (AvgIpc) is 3.13. The lowest BCUT2D eigenvalue weighted by Gasteiger charge is -2.16. The molecule has 0 saturated heterocycles. The van der Waals surface area contributed by atoms with Crippen molar-refractivity contribution >= 4 is 17.5 Å². The van der Waals surface area contributed by atoms with Gasteiger partial charge < -0.3 is 14.8 Å². The molecule has 0 unspecified atom stereocenters. The number of ether oxygens (including phenoxy) is 2. The standard InChI is InChI=1S/C13H21ClN4O2/c1-9(2)20-12-17-10(14)16-11(18-12)15-8-13(4-5-13)6-7-19-3/h9H,4-8H2,1-3H3,(H,15,16,17,18). The summed E-state index contributed by atoms with van der Waals surface area (Å²) in [7, 11) is 1.73. The molecule has 1 heterocycles. The number of anilines is 1. The van der Waals surface area contributed by atoms with Crippen molar-refractivity contribution in [2.45, 2.75) is 39.2 Å². The SMILES string of the molecule is COCCC1(CNc2nc(Cl)nc(OC(C)C)n2)CC1. The lowest BCUT2D eigenvalue weighted by molar-refractivity contribution is 0.174. The monoisotopic (exact) mass is 300 g/mol. The fraction of sp³-hybridized carbons (Fsp3) is 0.769. The number of hydrogen-bond acceptors (Lipinski definition) is 6. The van der Waals surface area contributed by atoms with E-state index in [-0.39, 0.29) is 17.4 Å². The van der Waals surface area contributed by atoms with E-state index in [0.717, 1.165) is 19.6 Å². The van der Waals surface area contributed by atoms with Crippen molar-refractivity contribution in [3.8, 4) is 6.01 Å². The zero-order chi connectivity index (χ0) is 14.6. The molecule has 7 heteroatoms. The van der Waals surface area contributed by atoms with Gasteiger partial charge in [0.15, 0.2) is 0 Å². The van der Waals surface area contributed by atoms with Crippen LogP contribution in [0.5, 0.6) is 6.01 Å². The molecule has 1 fully saturated rings. The Morgan fingerprint density at radius 2 is 2.05 bits per heavy atom. The second kappa shape index (κ2) is 6.54. The first kappa shape index (κ1) is 15.3. The van der Waals surface area contributed by atoms with Gasteiger partial charge in [0.25, 0.3) is 0 Å². The number of aromatic nitrogens is 3. The van der Waals surface area contributed by atoms with Gasteiger partial charge >= 0.3 is 6.01 Å². The predicted octanol–water partition coefficient (Wildman–Crippen LogP) is 2.54. The van der Waals surface area contributed by atoms with Gasteiger partial charge in [-0.2, -0.15) is 15.0 Å². The topological polar surface area (TPSA) is 69.2 Å². The Kier molecular flexibility index (Phi) is 4.99. The van der Waals surface area contributed by atoms with E-state index in [0.29, 0.717) is 11.4 Å². The van der Waals surface area contributed by atoms with Crippen LogP contribution in [0.4, 0.5) is 5.95 Å². The second-order valence-electron chi connectivity index (χ2n) is 5.47. The molecule has 1 saturated carbocycles. The summed E-state index contributed by atoms with van der Waals surface area (Å²) in [5, 5.41) is 3.37. The number of halogens is 1. The quantitative estimate of drug-likeness (QED) is 0.795. The Labute approximate surface area is 124 Å². The van der Waals surface area contributed by atoms with Crippen molar-refractivity contribution in [2.75, 3.05) is 25.6 Å². The molecular weight excluding hydrogens is 280 g/mol. The zero-order valence-electron chi connectivity index (χ0n) is 12.1. The van der Waals surface area contributed by atoms with Gasteiger partial charge in [-0.1, -0.05) is 0 Å². The van der Waals surface area contributed by atoms with Crippen LogP contribution in [0, 0.1) is 5.41 Å². The molecule has 112 valence electrons. The summed E-state index contributed by atoms with van der Waals surface area (Å²) in [4.78, 5) is 12.2. The Morgan fingerprint density at radius 1 is 1.30 bits per heavy atom. The van der Waals surface area contributed by atoms with E-state index in [1.54, 1.807) is 7.11 Å². The minimum atomic E-state index is -0.00204. The number of nitrogens with zero attached hydrogens (tertiary/aromatic N) is 3. The van der Waals surface area contributed by atoms with Crippen LogP contribution in [0.25, 0.3) is 0 Å². The van der Waals surface area contributed by atoms with Crippen LogP contribution in [0.2, 0.25) is 5.28 Å². The lowest BCUT2D eigenvalue weighted by Crippen LogP contribution is -2.19. The Balaban J connectivity index is 1.94. The number of methoxy groups -OCH3 is 1. The van der Waals surface area contributed by atoms with E-state index in [1.807, 2.05) is 13.8 Å². The van der Waals surface area contributed by atoms with Crippen LogP contribution in [0.3, 0.4) is 0 Å². The molecular formula is C13H21ClN4O2. The Morgan fingerprint density at radius 3 is 2.65 bits per heavy atom. The highest BCUT2D eigenvalue weighted by Gasteiger charge is 2.41. The van der Waals surface area contributed by atoms with E-state index in [9.17, 15) is 0 Å². The van der Waals surface area contributed by atoms with E-state index in [1.165, 1.54) is 12.8 Å². The van der Waals surface area contributed by atoms with Crippen molar-refractivity contribution in [2.24, 2.45) is 5.41 Å². The van der Waals surface area contributed by atoms with E-state index in [4.69, 9.17) is 21.1 Å². The Bertz CT molecular complexity index is 452. The maximum Gasteiger partial charge on any atom is 0.322 e. The molecule has 0 amide bonds. The van der Waals surface area contributed by atoms with Gasteiger partial charge in [-0.05, 0) is 50.1 Å². The molecule has 1 aliphatic carbocycles. The molecule has 1 aliphatic rings. The molecule has 1 N–H and O–H groups in total. The van der Waals surface area contributed by atoms with Crippen LogP contribution in [0.1, 0.15) is 33.1 Å². The van der Waals surface area contributed by atoms with E-state index in [2.05, 4.69) is 20.3 Å². The highest BCUT2D eigenvalue weighted by molar-refractivity contribution is 6.28. The third-order valence-electron chi connectivity index (χ3n) is 3.34. The molecule has 1 aromatic heterocycles. The summed E-state index contributed by atoms with van der Waals surface area (Å²) in [6.45, 7) is 5.42. The van der Waals surface area contributed by atoms with Crippen molar-refractivity contribution in [3.05, 3.63) is 5.28 Å². The fourth-order valence-electron chi connectivity index (χ4n) is 1.95. The van der Waals surface area contributed by atoms with Crippen LogP contribution in [0.15, 0.2) is 0 Å². The maximum atomic E-state index is 5.88. The third-order valence-corrected chi connectivity index (χ3v) is 3.51. The number of hydrogen-bond donors (Lipinski definition) is 1. The fourth-order valence-corrected chi connectivity index (χ4v) is 2.10. The first-order valence-electron chi connectivity index (χ1n) is 6.84. The molecule has 2 rings (SSSR count). The first-order valence-corrected chi connectivity index (χ1v) is 7.22. The number of nitrogens with one attached hydrogen (secondary N) is 1. The van der Waals surface area contributed by atoms with Crippen LogP contribution < -0.4 is 10.1 Å². The van der Waals surface area contributed by atoms with Gasteiger partial charge in [0, 0.05) is 20.3 Å². The average molecular weight is 301 g/mol. The molecule has 6 nitrogen and oxygen atoms in total. The maximum absolute atomic E-state index is 5.88. The highest BCUT2D eigenvalue weighted by Crippen LogP contribution is 2.48. The van der Waals surface area contributed by atoms with Gasteiger partial charge in [0.05, 0.1) is 6.10 Å². The van der Waals surface area contributed by atoms with E-state index < -0.39 is 0 Å². The third kappa shape index (κ3) is 4.45. The summed E-state index contributed by atoms with van der Waals surface area (Å²) in [6, 6.07) is 0.254. The van der Waals surface area contributed by atoms with Gasteiger partial charge in [-0.3, -0.25) is 0 Å². The highest BCUT2D eigenvalue weighted by atomic mass is 35.5. The molecule has 0 radical (unpaired) electrons. The van der Waals surface area contributed by atoms with Crippen molar-refractivity contribution in [1.82, 2.24) is 15.0 Å². The molecule has 0 aliphatic heterocycles. The summed E-state index contributed by atoms with van der Waals surface area (Å²) in [5.74, 6) is 0.462. The summed E-state index contributed by atoms with van der Waals surface area (Å²) >= 11 is 5.88. The van der Waals surface area contributed by atoms with Crippen LogP contribution in [-0.2, 0) is 4.74 Å². The van der Waals surface area contributed by atoms with Crippen molar-refractivity contribution < 1.29 is 9.47 Å². The Hall–Kier alpha value is -1.14.